The van der Waals surface area contributed by atoms with Crippen LogP contribution in [-0.2, 0) is 21.4 Å². The van der Waals surface area contributed by atoms with Gasteiger partial charge in [0.1, 0.15) is 5.41 Å². The predicted octanol–water partition coefficient (Wildman–Crippen LogP) is 1.49. The van der Waals surface area contributed by atoms with Crippen molar-refractivity contribution in [2.45, 2.75) is 39.0 Å². The van der Waals surface area contributed by atoms with E-state index in [1.807, 2.05) is 12.1 Å². The van der Waals surface area contributed by atoms with Crippen LogP contribution in [-0.4, -0.2) is 38.9 Å². The normalized spacial score (nSPS) is 11.8. The van der Waals surface area contributed by atoms with E-state index in [4.69, 9.17) is 9.84 Å². The number of hydrogen-bond acceptors (Lipinski definition) is 5. The van der Waals surface area contributed by atoms with Crippen LogP contribution in [0.15, 0.2) is 18.3 Å². The number of hydrogen-bond donors (Lipinski definition) is 1. The van der Waals surface area contributed by atoms with Crippen LogP contribution in [0, 0.1) is 0 Å². The van der Waals surface area contributed by atoms with E-state index in [1.165, 1.54) is 0 Å². The standard InChI is InChI=1S/C15H21N3O3/c1-4-21-14(20)15(2,3)12-10-18-13(16-12)8-7-11(17-18)6-5-9-19/h7-8,10,19H,4-6,9H2,1-3H3. The lowest BCUT2D eigenvalue weighted by molar-refractivity contribution is -0.148. The van der Waals surface area contributed by atoms with E-state index in [0.717, 1.165) is 5.69 Å². The summed E-state index contributed by atoms with van der Waals surface area (Å²) in [5.41, 5.74) is 1.40. The Morgan fingerprint density at radius 1 is 1.43 bits per heavy atom. The van der Waals surface area contributed by atoms with E-state index in [2.05, 4.69) is 10.1 Å². The third kappa shape index (κ3) is 3.21. The Bertz CT molecular complexity index is 634. The smallest absolute Gasteiger partial charge is 0.317 e. The van der Waals surface area contributed by atoms with Gasteiger partial charge < -0.3 is 9.84 Å². The summed E-state index contributed by atoms with van der Waals surface area (Å²) in [5.74, 6) is -0.297. The van der Waals surface area contributed by atoms with E-state index in [-0.39, 0.29) is 12.6 Å². The number of carbonyl (C=O) groups is 1. The fraction of sp³-hybridized carbons (Fsp3) is 0.533. The highest BCUT2D eigenvalue weighted by Crippen LogP contribution is 2.24. The van der Waals surface area contributed by atoms with Crippen molar-refractivity contribution in [3.63, 3.8) is 0 Å². The summed E-state index contributed by atoms with van der Waals surface area (Å²) in [5, 5.41) is 13.3. The van der Waals surface area contributed by atoms with Crippen LogP contribution >= 0.6 is 0 Å². The third-order valence-electron chi connectivity index (χ3n) is 3.39. The van der Waals surface area contributed by atoms with E-state index in [9.17, 15) is 4.79 Å². The molecule has 0 amide bonds. The lowest BCUT2D eigenvalue weighted by Crippen LogP contribution is -2.31. The maximum absolute atomic E-state index is 12.0. The molecule has 0 radical (unpaired) electrons. The Morgan fingerprint density at radius 2 is 2.19 bits per heavy atom. The monoisotopic (exact) mass is 291 g/mol. The Balaban J connectivity index is 2.31. The minimum atomic E-state index is -0.811. The van der Waals surface area contributed by atoms with E-state index < -0.39 is 5.41 Å². The van der Waals surface area contributed by atoms with Crippen LogP contribution in [0.4, 0.5) is 0 Å². The average Bonchev–Trinajstić information content (AvgIpc) is 2.89. The average molecular weight is 291 g/mol. The van der Waals surface area contributed by atoms with Crippen molar-refractivity contribution >= 4 is 11.6 Å². The van der Waals surface area contributed by atoms with Gasteiger partial charge in [-0.05, 0) is 45.7 Å². The highest BCUT2D eigenvalue weighted by Gasteiger charge is 2.34. The molecule has 2 aromatic rings. The highest BCUT2D eigenvalue weighted by atomic mass is 16.5. The molecule has 0 aliphatic heterocycles. The number of esters is 1. The van der Waals surface area contributed by atoms with Crippen LogP contribution in [0.1, 0.15) is 38.6 Å². The van der Waals surface area contributed by atoms with Gasteiger partial charge >= 0.3 is 5.97 Å². The molecular weight excluding hydrogens is 270 g/mol. The molecule has 0 atom stereocenters. The Hall–Kier alpha value is -1.95. The van der Waals surface area contributed by atoms with Gasteiger partial charge in [0.05, 0.1) is 24.2 Å². The van der Waals surface area contributed by atoms with Crippen molar-refractivity contribution in [1.29, 1.82) is 0 Å². The number of aromatic nitrogens is 3. The molecular formula is C15H21N3O3. The zero-order valence-corrected chi connectivity index (χ0v) is 12.7. The SMILES string of the molecule is CCOC(=O)C(C)(C)c1cn2nc(CCCO)ccc2n1. The molecule has 2 heterocycles. The number of aryl methyl sites for hydroxylation is 1. The molecule has 0 aliphatic rings. The van der Waals surface area contributed by atoms with Gasteiger partial charge in [-0.3, -0.25) is 4.79 Å². The van der Waals surface area contributed by atoms with Gasteiger partial charge in [0, 0.05) is 6.61 Å². The first-order chi connectivity index (χ1) is 9.98. The molecule has 0 bridgehead atoms. The van der Waals surface area contributed by atoms with Crippen molar-refractivity contribution in [3.05, 3.63) is 29.7 Å². The van der Waals surface area contributed by atoms with Crippen molar-refractivity contribution < 1.29 is 14.6 Å². The molecule has 2 rings (SSSR count). The number of imidazole rings is 1. The second-order valence-electron chi connectivity index (χ2n) is 5.43. The maximum Gasteiger partial charge on any atom is 0.317 e. The van der Waals surface area contributed by atoms with Crippen LogP contribution < -0.4 is 0 Å². The topological polar surface area (TPSA) is 76.7 Å². The first-order valence-electron chi connectivity index (χ1n) is 7.13. The summed E-state index contributed by atoms with van der Waals surface area (Å²) in [6.07, 6.45) is 3.14. The zero-order valence-electron chi connectivity index (χ0n) is 12.7. The van der Waals surface area contributed by atoms with Crippen molar-refractivity contribution in [1.82, 2.24) is 14.6 Å². The molecule has 0 unspecified atom stereocenters. The van der Waals surface area contributed by atoms with Crippen LogP contribution in [0.2, 0.25) is 0 Å². The molecule has 6 heteroatoms. The second kappa shape index (κ2) is 6.22. The molecule has 21 heavy (non-hydrogen) atoms. The number of ether oxygens (including phenoxy) is 1. The summed E-state index contributed by atoms with van der Waals surface area (Å²) in [4.78, 5) is 16.5. The lowest BCUT2D eigenvalue weighted by Gasteiger charge is -2.19. The number of carbonyl (C=O) groups excluding carboxylic acids is 1. The van der Waals surface area contributed by atoms with Gasteiger partial charge in [-0.1, -0.05) is 0 Å². The van der Waals surface area contributed by atoms with Gasteiger partial charge in [-0.2, -0.15) is 5.10 Å². The van der Waals surface area contributed by atoms with Gasteiger partial charge in [0.2, 0.25) is 0 Å². The molecule has 0 spiro atoms. The summed E-state index contributed by atoms with van der Waals surface area (Å²) in [6.45, 7) is 5.86. The molecule has 0 aromatic carbocycles. The van der Waals surface area contributed by atoms with Crippen molar-refractivity contribution in [2.75, 3.05) is 13.2 Å². The number of rotatable bonds is 6. The minimum Gasteiger partial charge on any atom is -0.465 e. The molecule has 114 valence electrons. The maximum atomic E-state index is 12.0. The largest absolute Gasteiger partial charge is 0.465 e. The first kappa shape index (κ1) is 15.4. The van der Waals surface area contributed by atoms with Gasteiger partial charge in [-0.15, -0.1) is 0 Å². The zero-order chi connectivity index (χ0) is 15.5. The highest BCUT2D eigenvalue weighted by molar-refractivity contribution is 5.81. The third-order valence-corrected chi connectivity index (χ3v) is 3.39. The van der Waals surface area contributed by atoms with Gasteiger partial charge in [-0.25, -0.2) is 9.50 Å². The molecule has 0 saturated heterocycles. The fourth-order valence-electron chi connectivity index (χ4n) is 2.03. The minimum absolute atomic E-state index is 0.144. The molecule has 2 aromatic heterocycles. The lowest BCUT2D eigenvalue weighted by atomic mass is 9.90. The Kier molecular flexibility index (Phi) is 4.57. The Labute approximate surface area is 123 Å². The second-order valence-corrected chi connectivity index (χ2v) is 5.43. The number of nitrogens with zero attached hydrogens (tertiary/aromatic N) is 3. The quantitative estimate of drug-likeness (QED) is 0.816. The summed E-state index contributed by atoms with van der Waals surface area (Å²) < 4.78 is 6.77. The van der Waals surface area contributed by atoms with Gasteiger partial charge in [0.15, 0.2) is 5.65 Å². The molecule has 6 nitrogen and oxygen atoms in total. The Morgan fingerprint density at radius 3 is 2.86 bits per heavy atom. The van der Waals surface area contributed by atoms with Crippen molar-refractivity contribution in [3.8, 4) is 0 Å². The van der Waals surface area contributed by atoms with E-state index >= 15 is 0 Å². The summed E-state index contributed by atoms with van der Waals surface area (Å²) in [6, 6.07) is 3.75. The van der Waals surface area contributed by atoms with Crippen molar-refractivity contribution in [2.24, 2.45) is 0 Å². The summed E-state index contributed by atoms with van der Waals surface area (Å²) in [7, 11) is 0. The molecule has 0 fully saturated rings. The number of aliphatic hydroxyl groups is 1. The number of fused-ring (bicyclic) bond motifs is 1. The van der Waals surface area contributed by atoms with Crippen LogP contribution in [0.25, 0.3) is 5.65 Å². The molecule has 0 aliphatic carbocycles. The van der Waals surface area contributed by atoms with Gasteiger partial charge in [0.25, 0.3) is 0 Å². The van der Waals surface area contributed by atoms with Crippen LogP contribution in [0.3, 0.4) is 0 Å². The van der Waals surface area contributed by atoms with E-state index in [1.54, 1.807) is 31.5 Å². The molecule has 0 saturated carbocycles. The summed E-state index contributed by atoms with van der Waals surface area (Å²) >= 11 is 0. The number of aliphatic hydroxyl groups excluding tert-OH is 1. The van der Waals surface area contributed by atoms with E-state index in [0.29, 0.717) is 30.8 Å². The molecule has 1 N–H and O–H groups in total. The van der Waals surface area contributed by atoms with Crippen LogP contribution in [0.5, 0.6) is 0 Å². The predicted molar refractivity (Wildman–Crippen MR) is 78.1 cm³/mol. The first-order valence-corrected chi connectivity index (χ1v) is 7.13. The fourth-order valence-corrected chi connectivity index (χ4v) is 2.03.